The van der Waals surface area contributed by atoms with Crippen LogP contribution in [0.2, 0.25) is 0 Å². The van der Waals surface area contributed by atoms with Crippen molar-refractivity contribution in [3.05, 3.63) is 81.5 Å². The first-order valence-corrected chi connectivity index (χ1v) is 7.07. The lowest BCUT2D eigenvalue weighted by Gasteiger charge is -2.00. The van der Waals surface area contributed by atoms with Gasteiger partial charge < -0.3 is 4.98 Å². The van der Waals surface area contributed by atoms with E-state index in [0.717, 1.165) is 10.9 Å². The van der Waals surface area contributed by atoms with Crippen molar-refractivity contribution in [2.45, 2.75) is 0 Å². The van der Waals surface area contributed by atoms with Crippen LogP contribution >= 0.6 is 0 Å². The Kier molecular flexibility index (Phi) is 3.91. The van der Waals surface area contributed by atoms with Crippen molar-refractivity contribution in [2.24, 2.45) is 0 Å². The number of H-pyrrole nitrogens is 1. The number of nitro groups is 1. The maximum Gasteiger partial charge on any atom is 0.270 e. The van der Waals surface area contributed by atoms with Crippen LogP contribution in [0, 0.1) is 21.4 Å². The number of benzene rings is 2. The number of nitriles is 1. The second kappa shape index (κ2) is 6.18. The van der Waals surface area contributed by atoms with Crippen LogP contribution in [-0.4, -0.2) is 15.7 Å². The average molecular weight is 317 g/mol. The summed E-state index contributed by atoms with van der Waals surface area (Å²) in [6, 6.07) is 14.7. The summed E-state index contributed by atoms with van der Waals surface area (Å²) in [6.07, 6.45) is 3.20. The fourth-order valence-electron chi connectivity index (χ4n) is 2.43. The first-order valence-electron chi connectivity index (χ1n) is 7.07. The van der Waals surface area contributed by atoms with E-state index in [4.69, 9.17) is 0 Å². The fourth-order valence-corrected chi connectivity index (χ4v) is 2.43. The quantitative estimate of drug-likeness (QED) is 0.259. The number of carbonyl (C=O) groups is 1. The van der Waals surface area contributed by atoms with Gasteiger partial charge in [-0.15, -0.1) is 0 Å². The van der Waals surface area contributed by atoms with E-state index in [-0.39, 0.29) is 16.8 Å². The van der Waals surface area contributed by atoms with E-state index < -0.39 is 10.7 Å². The number of hydrogen-bond acceptors (Lipinski definition) is 4. The Labute approximate surface area is 136 Å². The van der Waals surface area contributed by atoms with Crippen molar-refractivity contribution < 1.29 is 9.72 Å². The van der Waals surface area contributed by atoms with Crippen molar-refractivity contribution in [2.75, 3.05) is 0 Å². The van der Waals surface area contributed by atoms with E-state index in [2.05, 4.69) is 4.98 Å². The SMILES string of the molecule is N#CC(=Cc1c[nH]c2ccccc12)C(=O)c1cccc([N+](=O)[O-])c1. The molecule has 0 bridgehead atoms. The molecular weight excluding hydrogens is 306 g/mol. The predicted molar refractivity (Wildman–Crippen MR) is 89.3 cm³/mol. The minimum absolute atomic E-state index is 0.0831. The normalized spacial score (nSPS) is 11.2. The molecule has 3 aromatic rings. The molecule has 2 aromatic carbocycles. The summed E-state index contributed by atoms with van der Waals surface area (Å²) < 4.78 is 0. The zero-order chi connectivity index (χ0) is 17.1. The van der Waals surface area contributed by atoms with Gasteiger partial charge in [0.05, 0.1) is 4.92 Å². The van der Waals surface area contributed by atoms with Crippen LogP contribution in [0.15, 0.2) is 60.3 Å². The highest BCUT2D eigenvalue weighted by atomic mass is 16.6. The van der Waals surface area contributed by atoms with Crippen molar-refractivity contribution >= 4 is 28.4 Å². The van der Waals surface area contributed by atoms with Gasteiger partial charge in [0.15, 0.2) is 0 Å². The average Bonchev–Trinajstić information content (AvgIpc) is 3.02. The van der Waals surface area contributed by atoms with Gasteiger partial charge in [0, 0.05) is 40.4 Å². The molecule has 116 valence electrons. The Bertz CT molecular complexity index is 1030. The summed E-state index contributed by atoms with van der Waals surface area (Å²) in [4.78, 5) is 25.8. The standard InChI is InChI=1S/C18H11N3O3/c19-10-13(8-14-11-20-17-7-2-1-6-16(14)17)18(22)12-4-3-5-15(9-12)21(23)24/h1-9,11,20H. The number of nitrogens with one attached hydrogen (secondary N) is 1. The minimum Gasteiger partial charge on any atom is -0.361 e. The summed E-state index contributed by atoms with van der Waals surface area (Å²) in [5.41, 5.74) is 1.44. The first-order chi connectivity index (χ1) is 11.6. The van der Waals surface area contributed by atoms with Crippen molar-refractivity contribution in [3.8, 4) is 6.07 Å². The zero-order valence-corrected chi connectivity index (χ0v) is 12.4. The Morgan fingerprint density at radius 2 is 2.00 bits per heavy atom. The number of fused-ring (bicyclic) bond motifs is 1. The summed E-state index contributed by atoms with van der Waals surface area (Å²) in [5, 5.41) is 21.0. The summed E-state index contributed by atoms with van der Waals surface area (Å²) in [7, 11) is 0. The fraction of sp³-hybridized carbons (Fsp3) is 0. The number of nitrogens with zero attached hydrogens (tertiary/aromatic N) is 2. The maximum atomic E-state index is 12.5. The molecule has 0 amide bonds. The summed E-state index contributed by atoms with van der Waals surface area (Å²) in [5.74, 6) is -0.550. The summed E-state index contributed by atoms with van der Waals surface area (Å²) >= 11 is 0. The Morgan fingerprint density at radius 3 is 2.75 bits per heavy atom. The predicted octanol–water partition coefficient (Wildman–Crippen LogP) is 3.87. The van der Waals surface area contributed by atoms with Crippen molar-refractivity contribution in [3.63, 3.8) is 0 Å². The van der Waals surface area contributed by atoms with Crippen LogP contribution in [0.25, 0.3) is 17.0 Å². The van der Waals surface area contributed by atoms with Gasteiger partial charge in [-0.25, -0.2) is 0 Å². The van der Waals surface area contributed by atoms with Gasteiger partial charge in [0.1, 0.15) is 11.6 Å². The van der Waals surface area contributed by atoms with Gasteiger partial charge in [-0.05, 0) is 12.1 Å². The molecule has 0 saturated heterocycles. The van der Waals surface area contributed by atoms with Gasteiger partial charge in [-0.3, -0.25) is 14.9 Å². The Balaban J connectivity index is 2.02. The van der Waals surface area contributed by atoms with E-state index in [1.54, 1.807) is 6.20 Å². The molecule has 6 nitrogen and oxygen atoms in total. The van der Waals surface area contributed by atoms with E-state index in [9.17, 15) is 20.2 Å². The van der Waals surface area contributed by atoms with Gasteiger partial charge in [0.25, 0.3) is 5.69 Å². The number of rotatable bonds is 4. The molecule has 6 heteroatoms. The molecular formula is C18H11N3O3. The molecule has 1 N–H and O–H groups in total. The molecule has 0 fully saturated rings. The number of aromatic amines is 1. The second-order valence-electron chi connectivity index (χ2n) is 5.10. The maximum absolute atomic E-state index is 12.5. The molecule has 24 heavy (non-hydrogen) atoms. The molecule has 0 aliphatic rings. The molecule has 3 rings (SSSR count). The lowest BCUT2D eigenvalue weighted by Crippen LogP contribution is -2.02. The van der Waals surface area contributed by atoms with Gasteiger partial charge in [-0.1, -0.05) is 30.3 Å². The topological polar surface area (TPSA) is 99.8 Å². The number of carbonyl (C=O) groups excluding carboxylic acids is 1. The zero-order valence-electron chi connectivity index (χ0n) is 12.4. The van der Waals surface area contributed by atoms with Gasteiger partial charge >= 0.3 is 0 Å². The number of para-hydroxylation sites is 1. The smallest absolute Gasteiger partial charge is 0.270 e. The third kappa shape index (κ3) is 2.78. The molecule has 1 aromatic heterocycles. The van der Waals surface area contributed by atoms with Crippen molar-refractivity contribution in [1.82, 2.24) is 4.98 Å². The first kappa shape index (κ1) is 15.2. The number of ketones is 1. The van der Waals surface area contributed by atoms with E-state index >= 15 is 0 Å². The molecule has 0 aliphatic carbocycles. The highest BCUT2D eigenvalue weighted by Crippen LogP contribution is 2.22. The largest absolute Gasteiger partial charge is 0.361 e. The lowest BCUT2D eigenvalue weighted by molar-refractivity contribution is -0.384. The third-order valence-corrected chi connectivity index (χ3v) is 3.61. The van der Waals surface area contributed by atoms with Gasteiger partial charge in [-0.2, -0.15) is 5.26 Å². The minimum atomic E-state index is -0.577. The molecule has 0 saturated carbocycles. The van der Waals surface area contributed by atoms with Crippen LogP contribution in [0.1, 0.15) is 15.9 Å². The number of non-ortho nitro benzene ring substituents is 1. The van der Waals surface area contributed by atoms with Crippen LogP contribution in [-0.2, 0) is 0 Å². The highest BCUT2D eigenvalue weighted by Gasteiger charge is 2.16. The molecule has 1 heterocycles. The highest BCUT2D eigenvalue weighted by molar-refractivity contribution is 6.15. The Hall–Kier alpha value is -3.72. The van der Waals surface area contributed by atoms with Crippen molar-refractivity contribution in [1.29, 1.82) is 5.26 Å². The molecule has 0 unspecified atom stereocenters. The van der Waals surface area contributed by atoms with Crippen LogP contribution in [0.4, 0.5) is 5.69 Å². The monoisotopic (exact) mass is 317 g/mol. The number of Topliss-reactive ketones (excluding diaryl/α,β-unsaturated/α-hetero) is 1. The van der Waals surface area contributed by atoms with E-state index in [0.29, 0.717) is 5.56 Å². The van der Waals surface area contributed by atoms with Crippen LogP contribution in [0.3, 0.4) is 0 Å². The number of hydrogen-bond donors (Lipinski definition) is 1. The molecule has 0 spiro atoms. The van der Waals surface area contributed by atoms with E-state index in [1.165, 1.54) is 30.3 Å². The Morgan fingerprint density at radius 1 is 1.21 bits per heavy atom. The van der Waals surface area contributed by atoms with Gasteiger partial charge in [0.2, 0.25) is 5.78 Å². The van der Waals surface area contributed by atoms with Crippen LogP contribution in [0.5, 0.6) is 0 Å². The molecule has 0 radical (unpaired) electrons. The molecule has 0 atom stereocenters. The number of nitro benzene ring substituents is 1. The second-order valence-corrected chi connectivity index (χ2v) is 5.10. The van der Waals surface area contributed by atoms with E-state index in [1.807, 2.05) is 30.3 Å². The third-order valence-electron chi connectivity index (χ3n) is 3.61. The van der Waals surface area contributed by atoms with Crippen LogP contribution < -0.4 is 0 Å². The number of allylic oxidation sites excluding steroid dienone is 1. The molecule has 0 aliphatic heterocycles. The number of aromatic nitrogens is 1. The summed E-state index contributed by atoms with van der Waals surface area (Å²) in [6.45, 7) is 0. The lowest BCUT2D eigenvalue weighted by atomic mass is 10.0.